The molecule has 3 aromatic heterocycles. The monoisotopic (exact) mass is 583 g/mol. The van der Waals surface area contributed by atoms with Crippen LogP contribution in [0.2, 0.25) is 5.02 Å². The first-order valence-electron chi connectivity index (χ1n) is 12.2. The van der Waals surface area contributed by atoms with E-state index in [0.717, 1.165) is 11.1 Å². The number of nitrogens with one attached hydrogen (secondary N) is 1. The van der Waals surface area contributed by atoms with Gasteiger partial charge in [0, 0.05) is 17.3 Å². The van der Waals surface area contributed by atoms with E-state index in [1.54, 1.807) is 30.5 Å². The van der Waals surface area contributed by atoms with Crippen molar-refractivity contribution in [1.29, 1.82) is 0 Å². The lowest BCUT2D eigenvalue weighted by molar-refractivity contribution is -0.140. The highest BCUT2D eigenvalue weighted by atomic mass is 35.5. The molecule has 0 fully saturated rings. The van der Waals surface area contributed by atoms with Gasteiger partial charge in [-0.2, -0.15) is 18.2 Å². The Balaban J connectivity index is 1.54. The maximum atomic E-state index is 13.8. The van der Waals surface area contributed by atoms with Crippen LogP contribution in [0.15, 0.2) is 42.6 Å². The number of pyridine rings is 2. The molecule has 0 saturated heterocycles. The van der Waals surface area contributed by atoms with Crippen LogP contribution in [0.5, 0.6) is 11.8 Å². The average Bonchev–Trinajstić information content (AvgIpc) is 3.39. The number of halogens is 4. The number of alkyl halides is 3. The number of fused-ring (bicyclic) bond motifs is 1. The van der Waals surface area contributed by atoms with Gasteiger partial charge in [0.05, 0.1) is 42.2 Å². The Kier molecular flexibility index (Phi) is 7.59. The fourth-order valence-corrected chi connectivity index (χ4v) is 5.14. The minimum Gasteiger partial charge on any atom is -0.480 e. The summed E-state index contributed by atoms with van der Waals surface area (Å²) in [7, 11) is 2.60. The number of nitrogens with zero attached hydrogens (tertiary/aromatic N) is 4. The lowest BCUT2D eigenvalue weighted by atomic mass is 9.98. The van der Waals surface area contributed by atoms with E-state index < -0.39 is 29.4 Å². The molecule has 1 atom stereocenters. The Morgan fingerprint density at radius 2 is 1.76 bits per heavy atom. The summed E-state index contributed by atoms with van der Waals surface area (Å²) < 4.78 is 51.6. The smallest absolute Gasteiger partial charge is 0.437 e. The molecule has 4 aromatic rings. The number of benzene rings is 1. The minimum absolute atomic E-state index is 0.153. The lowest BCUT2D eigenvalue weighted by Crippen LogP contribution is -2.19. The predicted molar refractivity (Wildman–Crippen MR) is 144 cm³/mol. The third kappa shape index (κ3) is 5.18. The van der Waals surface area contributed by atoms with E-state index in [1.807, 2.05) is 12.1 Å². The topological polar surface area (TPSA) is 116 Å². The van der Waals surface area contributed by atoms with Crippen molar-refractivity contribution < 1.29 is 32.2 Å². The van der Waals surface area contributed by atoms with E-state index in [-0.39, 0.29) is 23.6 Å². The standard InChI is InChI=1S/C28H21ClF3N5O4/c1-40-26-14(12-38)6-8-20(36-26)18-10-11-33-23(22(18)29)17-5-3-4-16-15(17)7-9-19(16)35-25-24(28(30,31)32)34-21(13-39)27(37-25)41-2/h3-6,8,10-13,19H,7,9H2,1-2H3,(H,35,37)/t19-/m0/s1. The summed E-state index contributed by atoms with van der Waals surface area (Å²) in [6.45, 7) is 0. The first-order chi connectivity index (χ1) is 19.7. The normalized spacial score (nSPS) is 14.3. The number of carbonyl (C=O) groups is 2. The minimum atomic E-state index is -4.86. The zero-order chi connectivity index (χ0) is 29.3. The molecule has 0 amide bonds. The molecule has 3 heterocycles. The Hall–Kier alpha value is -4.58. The lowest BCUT2D eigenvalue weighted by Gasteiger charge is -2.19. The van der Waals surface area contributed by atoms with Crippen LogP contribution < -0.4 is 14.8 Å². The molecule has 5 rings (SSSR count). The van der Waals surface area contributed by atoms with Gasteiger partial charge in [-0.05, 0) is 42.2 Å². The van der Waals surface area contributed by atoms with Crippen molar-refractivity contribution in [2.24, 2.45) is 0 Å². The fourth-order valence-electron chi connectivity index (χ4n) is 4.83. The zero-order valence-electron chi connectivity index (χ0n) is 21.6. The molecular formula is C28H21ClF3N5O4. The van der Waals surface area contributed by atoms with Gasteiger partial charge in [-0.1, -0.05) is 29.8 Å². The fraction of sp³-hybridized carbons (Fsp3) is 0.214. The number of aldehydes is 2. The van der Waals surface area contributed by atoms with Gasteiger partial charge in [0.2, 0.25) is 11.8 Å². The summed E-state index contributed by atoms with van der Waals surface area (Å²) in [5.74, 6) is -0.706. The second kappa shape index (κ2) is 11.1. The molecule has 1 aromatic carbocycles. The van der Waals surface area contributed by atoms with Crippen LogP contribution >= 0.6 is 11.6 Å². The van der Waals surface area contributed by atoms with Crippen molar-refractivity contribution in [2.75, 3.05) is 19.5 Å². The van der Waals surface area contributed by atoms with Crippen LogP contribution in [-0.4, -0.2) is 46.7 Å². The molecule has 0 aliphatic heterocycles. The quantitative estimate of drug-likeness (QED) is 0.249. The van der Waals surface area contributed by atoms with Gasteiger partial charge < -0.3 is 14.8 Å². The Bertz CT molecular complexity index is 1670. The summed E-state index contributed by atoms with van der Waals surface area (Å²) >= 11 is 6.83. The van der Waals surface area contributed by atoms with Crippen LogP contribution in [0.25, 0.3) is 22.5 Å². The number of anilines is 1. The molecule has 0 saturated carbocycles. The SMILES string of the molecule is COc1nc(-c2ccnc(-c3cccc4c3CC[C@@H]4Nc3nc(OC)c(C=O)nc3C(F)(F)F)c2Cl)ccc1C=O. The van der Waals surface area contributed by atoms with Crippen molar-refractivity contribution >= 4 is 30.0 Å². The first kappa shape index (κ1) is 28.0. The van der Waals surface area contributed by atoms with Gasteiger partial charge in [-0.15, -0.1) is 0 Å². The second-order valence-electron chi connectivity index (χ2n) is 8.97. The number of ether oxygens (including phenoxy) is 2. The number of hydrogen-bond donors (Lipinski definition) is 1. The summed E-state index contributed by atoms with van der Waals surface area (Å²) in [6, 6.07) is 9.79. The molecule has 9 nitrogen and oxygen atoms in total. The molecule has 13 heteroatoms. The van der Waals surface area contributed by atoms with Crippen LogP contribution in [0.4, 0.5) is 19.0 Å². The Morgan fingerprint density at radius 1 is 0.976 bits per heavy atom. The average molecular weight is 584 g/mol. The molecule has 1 aliphatic rings. The van der Waals surface area contributed by atoms with Crippen LogP contribution in [0.1, 0.15) is 50.1 Å². The predicted octanol–water partition coefficient (Wildman–Crippen LogP) is 6.01. The molecule has 41 heavy (non-hydrogen) atoms. The number of rotatable bonds is 8. The Labute approximate surface area is 236 Å². The number of hydrogen-bond acceptors (Lipinski definition) is 9. The summed E-state index contributed by atoms with van der Waals surface area (Å²) in [6.07, 6.45) is -1.51. The van der Waals surface area contributed by atoms with E-state index >= 15 is 0 Å². The molecule has 210 valence electrons. The molecule has 1 N–H and O–H groups in total. The van der Waals surface area contributed by atoms with Gasteiger partial charge in [0.15, 0.2) is 29.8 Å². The van der Waals surface area contributed by atoms with Crippen molar-refractivity contribution in [3.05, 3.63) is 75.7 Å². The molecule has 1 aliphatic carbocycles. The summed E-state index contributed by atoms with van der Waals surface area (Å²) in [4.78, 5) is 38.8. The van der Waals surface area contributed by atoms with Gasteiger partial charge >= 0.3 is 6.18 Å². The van der Waals surface area contributed by atoms with Crippen LogP contribution in [0, 0.1) is 0 Å². The highest BCUT2D eigenvalue weighted by Crippen LogP contribution is 2.44. The molecule has 0 bridgehead atoms. The third-order valence-electron chi connectivity index (χ3n) is 6.67. The van der Waals surface area contributed by atoms with Gasteiger partial charge in [-0.3, -0.25) is 14.6 Å². The molecule has 0 radical (unpaired) electrons. The summed E-state index contributed by atoms with van der Waals surface area (Å²) in [5.41, 5.74) is 2.24. The Morgan fingerprint density at radius 3 is 2.44 bits per heavy atom. The third-order valence-corrected chi connectivity index (χ3v) is 7.06. The van der Waals surface area contributed by atoms with E-state index in [2.05, 4.69) is 25.3 Å². The maximum Gasteiger partial charge on any atom is 0.437 e. The van der Waals surface area contributed by atoms with Gasteiger partial charge in [0.1, 0.15) is 0 Å². The van der Waals surface area contributed by atoms with E-state index in [0.29, 0.717) is 46.7 Å². The number of aromatic nitrogens is 4. The molecule has 0 spiro atoms. The number of carbonyl (C=O) groups excluding carboxylic acids is 2. The van der Waals surface area contributed by atoms with Crippen LogP contribution in [-0.2, 0) is 12.6 Å². The highest BCUT2D eigenvalue weighted by Gasteiger charge is 2.39. The zero-order valence-corrected chi connectivity index (χ0v) is 22.4. The van der Waals surface area contributed by atoms with Crippen molar-refractivity contribution in [2.45, 2.75) is 25.1 Å². The molecular weight excluding hydrogens is 563 g/mol. The highest BCUT2D eigenvalue weighted by molar-refractivity contribution is 6.35. The molecule has 0 unspecified atom stereocenters. The second-order valence-corrected chi connectivity index (χ2v) is 9.35. The maximum absolute atomic E-state index is 13.8. The van der Waals surface area contributed by atoms with Gasteiger partial charge in [-0.25, -0.2) is 9.97 Å². The van der Waals surface area contributed by atoms with E-state index in [1.165, 1.54) is 14.2 Å². The van der Waals surface area contributed by atoms with Crippen molar-refractivity contribution in [1.82, 2.24) is 19.9 Å². The van der Waals surface area contributed by atoms with E-state index in [9.17, 15) is 22.8 Å². The first-order valence-corrected chi connectivity index (χ1v) is 12.6. The van der Waals surface area contributed by atoms with Crippen LogP contribution in [0.3, 0.4) is 0 Å². The largest absolute Gasteiger partial charge is 0.480 e. The number of methoxy groups -OCH3 is 2. The van der Waals surface area contributed by atoms with E-state index in [4.69, 9.17) is 21.1 Å². The van der Waals surface area contributed by atoms with Gasteiger partial charge in [0.25, 0.3) is 0 Å². The van der Waals surface area contributed by atoms with Crippen molar-refractivity contribution in [3.8, 4) is 34.3 Å². The summed E-state index contributed by atoms with van der Waals surface area (Å²) in [5, 5.41) is 3.17. The van der Waals surface area contributed by atoms with Crippen molar-refractivity contribution in [3.63, 3.8) is 0 Å².